The van der Waals surface area contributed by atoms with Crippen LogP contribution in [-0.4, -0.2) is 27.3 Å². The Bertz CT molecular complexity index is 864. The first-order valence-corrected chi connectivity index (χ1v) is 6.84. The molecule has 0 unspecified atom stereocenters. The number of non-ortho nitro benzene ring substituents is 2. The third kappa shape index (κ3) is 3.80. The van der Waals surface area contributed by atoms with Gasteiger partial charge in [-0.2, -0.15) is 0 Å². The number of oxime groups is 1. The van der Waals surface area contributed by atoms with Crippen molar-refractivity contribution in [3.8, 4) is 0 Å². The molecule has 1 aliphatic rings. The van der Waals surface area contributed by atoms with E-state index in [-0.39, 0.29) is 17.1 Å². The first-order valence-electron chi connectivity index (χ1n) is 6.84. The van der Waals surface area contributed by atoms with Gasteiger partial charge in [-0.05, 0) is 31.6 Å². The second-order valence-corrected chi connectivity index (χ2v) is 5.06. The van der Waals surface area contributed by atoms with Gasteiger partial charge in [0.05, 0.1) is 21.5 Å². The van der Waals surface area contributed by atoms with E-state index in [9.17, 15) is 29.8 Å². The fourth-order valence-corrected chi connectivity index (χ4v) is 1.95. The molecule has 0 heterocycles. The van der Waals surface area contributed by atoms with Gasteiger partial charge in [-0.25, -0.2) is 4.79 Å². The molecule has 0 bridgehead atoms. The summed E-state index contributed by atoms with van der Waals surface area (Å²) in [5.74, 6) is -1.30. The zero-order chi connectivity index (χ0) is 18.7. The van der Waals surface area contributed by atoms with Crippen LogP contribution < -0.4 is 0 Å². The zero-order valence-corrected chi connectivity index (χ0v) is 13.1. The maximum absolute atomic E-state index is 12.0. The Morgan fingerprint density at radius 3 is 2.08 bits per heavy atom. The SMILES string of the molecule is CC1=C(C)/C(=N\OC(=O)c2cc([N+](=O)[O-])cc([N+](=O)[O-])c2)C=CC1=O. The van der Waals surface area contributed by atoms with E-state index in [0.717, 1.165) is 18.2 Å². The van der Waals surface area contributed by atoms with E-state index in [0.29, 0.717) is 11.1 Å². The Labute approximate surface area is 140 Å². The normalized spacial score (nSPS) is 15.4. The Hall–Kier alpha value is -3.69. The minimum Gasteiger partial charge on any atom is -0.312 e. The fraction of sp³-hybridized carbons (Fsp3) is 0.133. The van der Waals surface area contributed by atoms with Crippen molar-refractivity contribution in [1.82, 2.24) is 0 Å². The van der Waals surface area contributed by atoms with Gasteiger partial charge >= 0.3 is 5.97 Å². The van der Waals surface area contributed by atoms with Gasteiger partial charge in [-0.3, -0.25) is 25.0 Å². The molecule has 0 saturated carbocycles. The smallest absolute Gasteiger partial charge is 0.312 e. The predicted molar refractivity (Wildman–Crippen MR) is 85.1 cm³/mol. The Kier molecular flexibility index (Phi) is 4.82. The number of ketones is 1. The first kappa shape index (κ1) is 17.7. The van der Waals surface area contributed by atoms with E-state index in [2.05, 4.69) is 5.16 Å². The summed E-state index contributed by atoms with van der Waals surface area (Å²) in [6.45, 7) is 3.20. The second kappa shape index (κ2) is 6.83. The highest BCUT2D eigenvalue weighted by atomic mass is 16.7. The molecule has 1 aromatic rings. The lowest BCUT2D eigenvalue weighted by atomic mass is 9.97. The van der Waals surface area contributed by atoms with Gasteiger partial charge in [0.15, 0.2) is 5.78 Å². The molecule has 0 amide bonds. The molecule has 0 N–H and O–H groups in total. The van der Waals surface area contributed by atoms with Gasteiger partial charge in [-0.15, -0.1) is 0 Å². The van der Waals surface area contributed by atoms with Crippen LogP contribution in [0.1, 0.15) is 24.2 Å². The maximum atomic E-state index is 12.0. The van der Waals surface area contributed by atoms with Crippen LogP contribution in [0.3, 0.4) is 0 Å². The largest absolute Gasteiger partial charge is 0.366 e. The molecule has 128 valence electrons. The molecule has 0 radical (unpaired) electrons. The second-order valence-electron chi connectivity index (χ2n) is 5.06. The summed E-state index contributed by atoms with van der Waals surface area (Å²) in [5.41, 5.74) is -0.466. The average molecular weight is 345 g/mol. The van der Waals surface area contributed by atoms with Gasteiger partial charge in [0.1, 0.15) is 5.71 Å². The molecular formula is C15H11N3O7. The van der Waals surface area contributed by atoms with Gasteiger partial charge in [0, 0.05) is 17.7 Å². The van der Waals surface area contributed by atoms with Crippen molar-refractivity contribution in [3.63, 3.8) is 0 Å². The van der Waals surface area contributed by atoms with Crippen LogP contribution in [0.4, 0.5) is 11.4 Å². The molecule has 1 aromatic carbocycles. The van der Waals surface area contributed by atoms with Gasteiger partial charge in [-0.1, -0.05) is 5.16 Å². The van der Waals surface area contributed by atoms with Crippen LogP contribution >= 0.6 is 0 Å². The number of benzene rings is 1. The standard InChI is InChI=1S/C15H11N3O7/c1-8-9(2)14(19)4-3-13(8)16-25-15(20)10-5-11(17(21)22)7-12(6-10)18(23)24/h3-7H,1-2H3/b16-13-. The number of hydrogen-bond donors (Lipinski definition) is 0. The topological polar surface area (TPSA) is 142 Å². The quantitative estimate of drug-likeness (QED) is 0.353. The average Bonchev–Trinajstić information content (AvgIpc) is 2.58. The Balaban J connectivity index is 2.31. The molecule has 0 atom stereocenters. The monoisotopic (exact) mass is 345 g/mol. The highest BCUT2D eigenvalue weighted by molar-refractivity contribution is 6.21. The van der Waals surface area contributed by atoms with E-state index in [1.807, 2.05) is 0 Å². The Morgan fingerprint density at radius 1 is 1.00 bits per heavy atom. The molecule has 0 aromatic heterocycles. The van der Waals surface area contributed by atoms with Crippen LogP contribution in [0.5, 0.6) is 0 Å². The van der Waals surface area contributed by atoms with E-state index < -0.39 is 27.2 Å². The summed E-state index contributed by atoms with van der Waals surface area (Å²) in [6.07, 6.45) is 2.61. The first-order chi connectivity index (χ1) is 11.7. The molecule has 0 aliphatic heterocycles. The van der Waals surface area contributed by atoms with E-state index in [4.69, 9.17) is 4.84 Å². The minimum atomic E-state index is -1.10. The summed E-state index contributed by atoms with van der Waals surface area (Å²) in [4.78, 5) is 48.1. The molecule has 0 fully saturated rings. The highest BCUT2D eigenvalue weighted by Gasteiger charge is 2.21. The fourth-order valence-electron chi connectivity index (χ4n) is 1.95. The highest BCUT2D eigenvalue weighted by Crippen LogP contribution is 2.23. The Morgan fingerprint density at radius 2 is 1.56 bits per heavy atom. The summed E-state index contributed by atoms with van der Waals surface area (Å²) >= 11 is 0. The lowest BCUT2D eigenvalue weighted by Crippen LogP contribution is -2.12. The molecule has 2 rings (SSSR count). The number of nitro groups is 2. The lowest BCUT2D eigenvalue weighted by molar-refractivity contribution is -0.394. The molecule has 0 saturated heterocycles. The van der Waals surface area contributed by atoms with E-state index >= 15 is 0 Å². The van der Waals surface area contributed by atoms with Crippen molar-refractivity contribution in [2.75, 3.05) is 0 Å². The number of allylic oxidation sites excluding steroid dienone is 4. The van der Waals surface area contributed by atoms with Crippen LogP contribution in [0, 0.1) is 20.2 Å². The van der Waals surface area contributed by atoms with Crippen molar-refractivity contribution in [2.45, 2.75) is 13.8 Å². The van der Waals surface area contributed by atoms with Gasteiger partial charge < -0.3 is 4.84 Å². The molecule has 10 heteroatoms. The summed E-state index contributed by atoms with van der Waals surface area (Å²) in [7, 11) is 0. The third-order valence-electron chi connectivity index (χ3n) is 3.50. The van der Waals surface area contributed by atoms with E-state index in [1.165, 1.54) is 12.2 Å². The number of carbonyl (C=O) groups is 2. The van der Waals surface area contributed by atoms with Gasteiger partial charge in [0.2, 0.25) is 0 Å². The van der Waals surface area contributed by atoms with Crippen LogP contribution in [0.2, 0.25) is 0 Å². The zero-order valence-electron chi connectivity index (χ0n) is 13.1. The van der Waals surface area contributed by atoms with Crippen molar-refractivity contribution in [3.05, 3.63) is 67.3 Å². The molecule has 1 aliphatic carbocycles. The summed E-state index contributed by atoms with van der Waals surface area (Å²) in [5, 5.41) is 25.2. The van der Waals surface area contributed by atoms with Crippen LogP contribution in [0.25, 0.3) is 0 Å². The lowest BCUT2D eigenvalue weighted by Gasteiger charge is -2.09. The number of rotatable bonds is 4. The maximum Gasteiger partial charge on any atom is 0.366 e. The third-order valence-corrected chi connectivity index (χ3v) is 3.50. The van der Waals surface area contributed by atoms with Gasteiger partial charge in [0.25, 0.3) is 11.4 Å². The molecule has 10 nitrogen and oxygen atoms in total. The number of carbonyl (C=O) groups excluding carboxylic acids is 2. The number of nitro benzene ring substituents is 2. The number of hydrogen-bond acceptors (Lipinski definition) is 8. The minimum absolute atomic E-state index is 0.197. The summed E-state index contributed by atoms with van der Waals surface area (Å²) < 4.78 is 0. The van der Waals surface area contributed by atoms with Crippen LogP contribution in [0.15, 0.2) is 46.7 Å². The number of nitrogens with zero attached hydrogens (tertiary/aromatic N) is 3. The predicted octanol–water partition coefficient (Wildman–Crippen LogP) is 2.49. The molecule has 25 heavy (non-hydrogen) atoms. The van der Waals surface area contributed by atoms with Crippen molar-refractivity contribution >= 4 is 28.8 Å². The summed E-state index contributed by atoms with van der Waals surface area (Å²) in [6, 6.07) is 2.43. The van der Waals surface area contributed by atoms with Crippen molar-refractivity contribution in [2.24, 2.45) is 5.16 Å². The molecule has 0 spiro atoms. The van der Waals surface area contributed by atoms with E-state index in [1.54, 1.807) is 13.8 Å². The van der Waals surface area contributed by atoms with Crippen molar-refractivity contribution < 1.29 is 24.3 Å². The van der Waals surface area contributed by atoms with Crippen molar-refractivity contribution in [1.29, 1.82) is 0 Å². The molecular weight excluding hydrogens is 334 g/mol. The van der Waals surface area contributed by atoms with Crippen LogP contribution in [-0.2, 0) is 9.63 Å².